The Labute approximate surface area is 221 Å². The van der Waals surface area contributed by atoms with Crippen molar-refractivity contribution < 1.29 is 5.11 Å². The van der Waals surface area contributed by atoms with E-state index in [1.54, 1.807) is 0 Å². The molecule has 216 valence electrons. The van der Waals surface area contributed by atoms with Crippen LogP contribution >= 0.6 is 0 Å². The molecule has 0 aromatic rings. The lowest BCUT2D eigenvalue weighted by Crippen LogP contribution is -2.50. The third kappa shape index (κ3) is 23.6. The van der Waals surface area contributed by atoms with E-state index in [4.69, 9.17) is 0 Å². The lowest BCUT2D eigenvalue weighted by atomic mass is 9.81. The Morgan fingerprint density at radius 1 is 0.500 bits per heavy atom. The monoisotopic (exact) mass is 493 g/mol. The Hall–Kier alpha value is -0.120. The summed E-state index contributed by atoms with van der Waals surface area (Å²) >= 11 is 0. The molecule has 2 aliphatic heterocycles. The van der Waals surface area contributed by atoms with Gasteiger partial charge in [0.25, 0.3) is 0 Å². The zero-order valence-electron chi connectivity index (χ0n) is 26.0. The Morgan fingerprint density at radius 2 is 0.706 bits per heavy atom. The Balaban J connectivity index is -0.0000000851. The Morgan fingerprint density at radius 3 is 0.912 bits per heavy atom. The van der Waals surface area contributed by atoms with Crippen molar-refractivity contribution in [1.29, 1.82) is 0 Å². The van der Waals surface area contributed by atoms with Gasteiger partial charge in [-0.2, -0.15) is 0 Å². The van der Waals surface area contributed by atoms with E-state index in [0.29, 0.717) is 11.0 Å². The van der Waals surface area contributed by atoms with Crippen LogP contribution in [0.3, 0.4) is 0 Å². The molecule has 0 aromatic heterocycles. The first-order valence-electron chi connectivity index (χ1n) is 13.8. The smallest absolute Gasteiger partial charge is 0.0644 e. The summed E-state index contributed by atoms with van der Waals surface area (Å²) in [5, 5.41) is 9.73. The highest BCUT2D eigenvalue weighted by Gasteiger charge is 2.32. The molecule has 2 rings (SSSR count). The quantitative estimate of drug-likeness (QED) is 0.364. The molecule has 0 aromatic carbocycles. The van der Waals surface area contributed by atoms with Gasteiger partial charge in [-0.25, -0.2) is 0 Å². The van der Waals surface area contributed by atoms with Crippen molar-refractivity contribution in [1.82, 2.24) is 9.80 Å². The van der Waals surface area contributed by atoms with E-state index in [1.165, 1.54) is 25.9 Å². The van der Waals surface area contributed by atoms with Gasteiger partial charge in [0.2, 0.25) is 0 Å². The molecule has 2 aliphatic rings. The molecule has 0 saturated carbocycles. The third-order valence-corrected chi connectivity index (χ3v) is 5.85. The molecule has 34 heavy (non-hydrogen) atoms. The van der Waals surface area contributed by atoms with Crippen LogP contribution in [0.2, 0.25) is 0 Å². The molecular formula is C31H76N2O. The van der Waals surface area contributed by atoms with E-state index < -0.39 is 5.60 Å². The van der Waals surface area contributed by atoms with Gasteiger partial charge < -0.3 is 5.11 Å². The fourth-order valence-electron chi connectivity index (χ4n) is 3.44. The average molecular weight is 493 g/mol. The van der Waals surface area contributed by atoms with Gasteiger partial charge in [0.1, 0.15) is 0 Å². The second-order valence-electron chi connectivity index (χ2n) is 11.0. The predicted molar refractivity (Wildman–Crippen MR) is 164 cm³/mol. The van der Waals surface area contributed by atoms with Gasteiger partial charge >= 0.3 is 0 Å². The zero-order valence-corrected chi connectivity index (χ0v) is 26.0. The molecule has 2 saturated heterocycles. The van der Waals surface area contributed by atoms with Crippen LogP contribution in [0, 0.1) is 5.41 Å². The number of aliphatic hydroxyl groups is 1. The normalized spacial score (nSPS) is 18.9. The molecule has 0 unspecified atom stereocenters. The van der Waals surface area contributed by atoms with E-state index in [2.05, 4.69) is 65.2 Å². The summed E-state index contributed by atoms with van der Waals surface area (Å²) < 4.78 is 0. The molecule has 0 atom stereocenters. The summed E-state index contributed by atoms with van der Waals surface area (Å²) in [6.45, 7) is 40.9. The van der Waals surface area contributed by atoms with Crippen molar-refractivity contribution in [3.05, 3.63) is 0 Å². The second kappa shape index (κ2) is 23.3. The second-order valence-corrected chi connectivity index (χ2v) is 11.0. The highest BCUT2D eigenvalue weighted by molar-refractivity contribution is 4.87. The van der Waals surface area contributed by atoms with Crippen molar-refractivity contribution in [3.8, 4) is 0 Å². The summed E-state index contributed by atoms with van der Waals surface area (Å²) in [6, 6.07) is 0. The summed E-state index contributed by atoms with van der Waals surface area (Å²) in [7, 11) is 0. The summed E-state index contributed by atoms with van der Waals surface area (Å²) in [6.07, 6.45) is 4.52. The molecule has 2 fully saturated rings. The van der Waals surface area contributed by atoms with Gasteiger partial charge in [0, 0.05) is 24.2 Å². The molecule has 3 heteroatoms. The first-order chi connectivity index (χ1) is 14.6. The fraction of sp³-hybridized carbons (Fsp3) is 1.00. The maximum Gasteiger partial charge on any atom is 0.0644 e. The fourth-order valence-corrected chi connectivity index (χ4v) is 3.44. The number of nitrogens with zero attached hydrogens (tertiary/aromatic N) is 2. The standard InChI is InChI=1S/C11H23N.C10H21NO.4C2H6.2CH4/c1-10(2,3)12-8-6-11(4,5)7-9-12;1-9(2,3)11-7-5-10(4,12)6-8-11;4*1-2;;/h6-9H2,1-5H3;12H,5-8H2,1-4H3;4*1-2H3;2*1H4. The SMILES string of the molecule is C.C.CC.CC.CC.CC.CC1(C)CCN(C(C)(C)C)CC1.CC1(O)CCN(C(C)(C)C)CC1. The number of rotatable bonds is 0. The molecule has 0 amide bonds. The van der Waals surface area contributed by atoms with Crippen LogP contribution in [-0.2, 0) is 0 Å². The summed E-state index contributed by atoms with van der Waals surface area (Å²) in [5.74, 6) is 0. The van der Waals surface area contributed by atoms with Crippen molar-refractivity contribution in [2.75, 3.05) is 26.2 Å². The van der Waals surface area contributed by atoms with Crippen molar-refractivity contribution in [3.63, 3.8) is 0 Å². The van der Waals surface area contributed by atoms with E-state index in [1.807, 2.05) is 62.3 Å². The van der Waals surface area contributed by atoms with Crippen LogP contribution < -0.4 is 0 Å². The van der Waals surface area contributed by atoms with Crippen LogP contribution in [0.15, 0.2) is 0 Å². The van der Waals surface area contributed by atoms with E-state index in [-0.39, 0.29) is 20.4 Å². The van der Waals surface area contributed by atoms with E-state index in [0.717, 1.165) is 25.9 Å². The molecule has 0 aliphatic carbocycles. The topological polar surface area (TPSA) is 26.7 Å². The number of piperidine rings is 2. The van der Waals surface area contributed by atoms with Gasteiger partial charge in [-0.15, -0.1) is 0 Å². The van der Waals surface area contributed by atoms with Crippen molar-refractivity contribution in [2.24, 2.45) is 5.41 Å². The number of hydrogen-bond acceptors (Lipinski definition) is 3. The maximum absolute atomic E-state index is 9.73. The van der Waals surface area contributed by atoms with Crippen LogP contribution in [0.5, 0.6) is 0 Å². The van der Waals surface area contributed by atoms with E-state index >= 15 is 0 Å². The minimum atomic E-state index is -0.415. The first-order valence-corrected chi connectivity index (χ1v) is 13.8. The third-order valence-electron chi connectivity index (χ3n) is 5.85. The molecule has 2 heterocycles. The highest BCUT2D eigenvalue weighted by Crippen LogP contribution is 2.32. The average Bonchev–Trinajstić information content (AvgIpc) is 2.72. The Kier molecular flexibility index (Phi) is 32.3. The lowest BCUT2D eigenvalue weighted by Gasteiger charge is -2.43. The zero-order chi connectivity index (χ0) is 26.8. The van der Waals surface area contributed by atoms with Gasteiger partial charge in [-0.1, -0.05) is 84.1 Å². The summed E-state index contributed by atoms with van der Waals surface area (Å²) in [4.78, 5) is 5.03. The molecule has 0 bridgehead atoms. The minimum Gasteiger partial charge on any atom is -0.390 e. The van der Waals surface area contributed by atoms with Crippen LogP contribution in [0.1, 0.15) is 158 Å². The largest absolute Gasteiger partial charge is 0.390 e. The summed E-state index contributed by atoms with van der Waals surface area (Å²) in [5.41, 5.74) is 0.802. The van der Waals surface area contributed by atoms with Gasteiger partial charge in [0.05, 0.1) is 5.60 Å². The molecule has 1 N–H and O–H groups in total. The number of hydrogen-bond donors (Lipinski definition) is 1. The van der Waals surface area contributed by atoms with Gasteiger partial charge in [-0.3, -0.25) is 9.80 Å². The van der Waals surface area contributed by atoms with Crippen molar-refractivity contribution >= 4 is 0 Å². The Bertz CT molecular complexity index is 331. The first kappa shape index (κ1) is 47.1. The maximum atomic E-state index is 9.73. The molecule has 0 spiro atoms. The van der Waals surface area contributed by atoms with E-state index in [9.17, 15) is 5.11 Å². The van der Waals surface area contributed by atoms with Crippen LogP contribution in [-0.4, -0.2) is 57.8 Å². The minimum absolute atomic E-state index is 0. The lowest BCUT2D eigenvalue weighted by molar-refractivity contribution is -0.0284. The molecule has 3 nitrogen and oxygen atoms in total. The van der Waals surface area contributed by atoms with Crippen molar-refractivity contribution in [2.45, 2.75) is 175 Å². The molecular weight excluding hydrogens is 416 g/mol. The highest BCUT2D eigenvalue weighted by atomic mass is 16.3. The van der Waals surface area contributed by atoms with Gasteiger partial charge in [0.15, 0.2) is 0 Å². The predicted octanol–water partition coefficient (Wildman–Crippen LogP) is 9.92. The van der Waals surface area contributed by atoms with Crippen LogP contribution in [0.25, 0.3) is 0 Å². The van der Waals surface area contributed by atoms with Crippen LogP contribution in [0.4, 0.5) is 0 Å². The number of likely N-dealkylation sites (tertiary alicyclic amines) is 2. The molecule has 0 radical (unpaired) electrons. The van der Waals surface area contributed by atoms with Gasteiger partial charge in [-0.05, 0) is 92.7 Å².